The zero-order valence-corrected chi connectivity index (χ0v) is 8.38. The van der Waals surface area contributed by atoms with Crippen LogP contribution in [0.3, 0.4) is 0 Å². The molecule has 1 aliphatic carbocycles. The van der Waals surface area contributed by atoms with Crippen molar-refractivity contribution in [2.75, 3.05) is 0 Å². The molecule has 1 aliphatic rings. The SMILES string of the molecule is CC(N)(CC(N)=O)C1CCCCC1. The molecule has 3 heteroatoms. The summed E-state index contributed by atoms with van der Waals surface area (Å²) >= 11 is 0. The van der Waals surface area contributed by atoms with Gasteiger partial charge in [-0.25, -0.2) is 0 Å². The topological polar surface area (TPSA) is 69.1 Å². The number of rotatable bonds is 3. The maximum atomic E-state index is 10.8. The zero-order chi connectivity index (χ0) is 9.90. The van der Waals surface area contributed by atoms with Crippen molar-refractivity contribution in [1.29, 1.82) is 0 Å². The van der Waals surface area contributed by atoms with Gasteiger partial charge in [0.05, 0.1) is 0 Å². The number of carbonyl (C=O) groups excluding carboxylic acids is 1. The van der Waals surface area contributed by atoms with Gasteiger partial charge in [0.15, 0.2) is 0 Å². The number of amides is 1. The minimum Gasteiger partial charge on any atom is -0.370 e. The van der Waals surface area contributed by atoms with Crippen molar-refractivity contribution in [1.82, 2.24) is 0 Å². The lowest BCUT2D eigenvalue weighted by molar-refractivity contribution is -0.119. The molecule has 0 radical (unpaired) electrons. The second kappa shape index (κ2) is 4.09. The molecule has 3 nitrogen and oxygen atoms in total. The summed E-state index contributed by atoms with van der Waals surface area (Å²) in [7, 11) is 0. The summed E-state index contributed by atoms with van der Waals surface area (Å²) in [5, 5.41) is 0. The molecule has 1 saturated carbocycles. The van der Waals surface area contributed by atoms with E-state index in [2.05, 4.69) is 0 Å². The van der Waals surface area contributed by atoms with Crippen LogP contribution in [0.15, 0.2) is 0 Å². The van der Waals surface area contributed by atoms with Crippen molar-refractivity contribution in [2.45, 2.75) is 51.0 Å². The van der Waals surface area contributed by atoms with Gasteiger partial charge in [-0.15, -0.1) is 0 Å². The van der Waals surface area contributed by atoms with E-state index in [1.165, 1.54) is 19.3 Å². The van der Waals surface area contributed by atoms with Gasteiger partial charge in [-0.05, 0) is 25.7 Å². The van der Waals surface area contributed by atoms with E-state index in [0.717, 1.165) is 12.8 Å². The molecule has 0 aromatic heterocycles. The zero-order valence-electron chi connectivity index (χ0n) is 8.38. The minimum atomic E-state index is -0.383. The van der Waals surface area contributed by atoms with Crippen molar-refractivity contribution in [3.05, 3.63) is 0 Å². The van der Waals surface area contributed by atoms with Gasteiger partial charge in [-0.3, -0.25) is 4.79 Å². The number of nitrogens with two attached hydrogens (primary N) is 2. The fourth-order valence-corrected chi connectivity index (χ4v) is 2.28. The Kier molecular flexibility index (Phi) is 3.31. The Hall–Kier alpha value is -0.570. The molecular formula is C10H20N2O. The summed E-state index contributed by atoms with van der Waals surface area (Å²) in [5.41, 5.74) is 10.9. The highest BCUT2D eigenvalue weighted by molar-refractivity contribution is 5.75. The van der Waals surface area contributed by atoms with Crippen molar-refractivity contribution < 1.29 is 4.79 Å². The molecule has 1 fully saturated rings. The fourth-order valence-electron chi connectivity index (χ4n) is 2.28. The monoisotopic (exact) mass is 184 g/mol. The molecule has 0 aliphatic heterocycles. The maximum Gasteiger partial charge on any atom is 0.219 e. The number of carbonyl (C=O) groups is 1. The van der Waals surface area contributed by atoms with Gasteiger partial charge in [0.2, 0.25) is 5.91 Å². The molecule has 1 rings (SSSR count). The molecule has 76 valence electrons. The van der Waals surface area contributed by atoms with Crippen LogP contribution in [0, 0.1) is 5.92 Å². The normalized spacial score (nSPS) is 23.8. The molecule has 1 unspecified atom stereocenters. The van der Waals surface area contributed by atoms with Crippen LogP contribution in [0.1, 0.15) is 45.4 Å². The Bertz CT molecular complexity index is 183. The largest absolute Gasteiger partial charge is 0.370 e. The van der Waals surface area contributed by atoms with E-state index in [1.54, 1.807) is 0 Å². The summed E-state index contributed by atoms with van der Waals surface area (Å²) in [4.78, 5) is 10.8. The third-order valence-electron chi connectivity index (χ3n) is 3.09. The van der Waals surface area contributed by atoms with Crippen molar-refractivity contribution in [2.24, 2.45) is 17.4 Å². The summed E-state index contributed by atoms with van der Waals surface area (Å²) in [6, 6.07) is 0. The third kappa shape index (κ3) is 2.99. The first-order valence-electron chi connectivity index (χ1n) is 5.09. The molecule has 0 spiro atoms. The van der Waals surface area contributed by atoms with Gasteiger partial charge in [-0.1, -0.05) is 19.3 Å². The first-order chi connectivity index (χ1) is 6.02. The average Bonchev–Trinajstić information content (AvgIpc) is 2.04. The molecule has 0 aromatic rings. The lowest BCUT2D eigenvalue weighted by Gasteiger charge is -2.35. The lowest BCUT2D eigenvalue weighted by Crippen LogP contribution is -2.47. The van der Waals surface area contributed by atoms with Gasteiger partial charge >= 0.3 is 0 Å². The van der Waals surface area contributed by atoms with Gasteiger partial charge < -0.3 is 11.5 Å². The predicted octanol–water partition coefficient (Wildman–Crippen LogP) is 1.16. The van der Waals surface area contributed by atoms with E-state index in [4.69, 9.17) is 11.5 Å². The van der Waals surface area contributed by atoms with Crippen molar-refractivity contribution in [3.63, 3.8) is 0 Å². The molecule has 1 atom stereocenters. The summed E-state index contributed by atoms with van der Waals surface area (Å²) in [5.74, 6) is 0.198. The molecule has 1 amide bonds. The molecule has 13 heavy (non-hydrogen) atoms. The summed E-state index contributed by atoms with van der Waals surface area (Å²) < 4.78 is 0. The maximum absolute atomic E-state index is 10.8. The Morgan fingerprint density at radius 1 is 1.38 bits per heavy atom. The molecular weight excluding hydrogens is 164 g/mol. The molecule has 0 heterocycles. The van der Waals surface area contributed by atoms with Crippen LogP contribution in [0.25, 0.3) is 0 Å². The molecule has 0 aromatic carbocycles. The van der Waals surface area contributed by atoms with E-state index >= 15 is 0 Å². The van der Waals surface area contributed by atoms with Gasteiger partial charge in [0.1, 0.15) is 0 Å². The first-order valence-corrected chi connectivity index (χ1v) is 5.09. The van der Waals surface area contributed by atoms with E-state index in [1.807, 2.05) is 6.92 Å². The summed E-state index contributed by atoms with van der Waals surface area (Å²) in [6.07, 6.45) is 6.42. The van der Waals surface area contributed by atoms with Crippen LogP contribution < -0.4 is 11.5 Å². The fraction of sp³-hybridized carbons (Fsp3) is 0.900. The van der Waals surface area contributed by atoms with Crippen LogP contribution in [0.5, 0.6) is 0 Å². The van der Waals surface area contributed by atoms with Gasteiger partial charge in [-0.2, -0.15) is 0 Å². The number of primary amides is 1. The number of hydrogen-bond acceptors (Lipinski definition) is 2. The third-order valence-corrected chi connectivity index (χ3v) is 3.09. The predicted molar refractivity (Wildman–Crippen MR) is 53.0 cm³/mol. The first kappa shape index (κ1) is 10.5. The van der Waals surface area contributed by atoms with E-state index in [0.29, 0.717) is 12.3 Å². The Morgan fingerprint density at radius 2 is 1.92 bits per heavy atom. The average molecular weight is 184 g/mol. The quantitative estimate of drug-likeness (QED) is 0.691. The van der Waals surface area contributed by atoms with E-state index in [9.17, 15) is 4.79 Å². The standard InChI is InChI=1S/C10H20N2O/c1-10(12,7-9(11)13)8-5-3-2-4-6-8/h8H,2-7,12H2,1H3,(H2,11,13). The molecule has 0 bridgehead atoms. The second-order valence-electron chi connectivity index (χ2n) is 4.48. The highest BCUT2D eigenvalue weighted by Crippen LogP contribution is 2.32. The van der Waals surface area contributed by atoms with Gasteiger partial charge in [0.25, 0.3) is 0 Å². The highest BCUT2D eigenvalue weighted by Gasteiger charge is 2.32. The van der Waals surface area contributed by atoms with Crippen molar-refractivity contribution >= 4 is 5.91 Å². The summed E-state index contributed by atoms with van der Waals surface area (Å²) in [6.45, 7) is 1.95. The van der Waals surface area contributed by atoms with Crippen LogP contribution in [-0.4, -0.2) is 11.4 Å². The Balaban J connectivity index is 2.50. The number of hydrogen-bond donors (Lipinski definition) is 2. The Morgan fingerprint density at radius 3 is 2.38 bits per heavy atom. The minimum absolute atomic E-state index is 0.282. The van der Waals surface area contributed by atoms with Crippen LogP contribution in [-0.2, 0) is 4.79 Å². The lowest BCUT2D eigenvalue weighted by atomic mass is 9.74. The van der Waals surface area contributed by atoms with Crippen LogP contribution in [0.4, 0.5) is 0 Å². The van der Waals surface area contributed by atoms with Crippen molar-refractivity contribution in [3.8, 4) is 0 Å². The second-order valence-corrected chi connectivity index (χ2v) is 4.48. The van der Waals surface area contributed by atoms with E-state index < -0.39 is 0 Å². The Labute approximate surface area is 79.9 Å². The van der Waals surface area contributed by atoms with Gasteiger partial charge in [0, 0.05) is 12.0 Å². The highest BCUT2D eigenvalue weighted by atomic mass is 16.1. The van der Waals surface area contributed by atoms with Crippen LogP contribution in [0.2, 0.25) is 0 Å². The smallest absolute Gasteiger partial charge is 0.219 e. The molecule has 4 N–H and O–H groups in total. The molecule has 0 saturated heterocycles. The van der Waals surface area contributed by atoms with Crippen LogP contribution >= 0.6 is 0 Å². The van der Waals surface area contributed by atoms with E-state index in [-0.39, 0.29) is 11.4 Å².